The molecule has 0 aliphatic heterocycles. The van der Waals surface area contributed by atoms with Crippen molar-refractivity contribution >= 4 is 11.8 Å². The van der Waals surface area contributed by atoms with E-state index < -0.39 is 0 Å². The molecule has 5 nitrogen and oxygen atoms in total. The molecule has 0 saturated heterocycles. The predicted molar refractivity (Wildman–Crippen MR) is 75.4 cm³/mol. The van der Waals surface area contributed by atoms with Crippen molar-refractivity contribution in [1.29, 1.82) is 0 Å². The number of nitrogens with one attached hydrogen (secondary N) is 2. The number of rotatable bonds is 8. The molecule has 0 heterocycles. The molecule has 0 aromatic carbocycles. The summed E-state index contributed by atoms with van der Waals surface area (Å²) in [6.07, 6.45) is 3.11. The van der Waals surface area contributed by atoms with E-state index in [-0.39, 0.29) is 29.2 Å². The van der Waals surface area contributed by atoms with Gasteiger partial charge in [-0.2, -0.15) is 0 Å². The summed E-state index contributed by atoms with van der Waals surface area (Å²) in [4.78, 5) is 23.2. The highest BCUT2D eigenvalue weighted by Crippen LogP contribution is 2.28. The molecule has 5 heteroatoms. The maximum absolute atomic E-state index is 11.8. The van der Waals surface area contributed by atoms with Crippen molar-refractivity contribution in [1.82, 2.24) is 10.6 Å². The third-order valence-corrected chi connectivity index (χ3v) is 3.95. The van der Waals surface area contributed by atoms with E-state index in [1.165, 1.54) is 0 Å². The molecule has 1 rings (SSSR count). The Balaban J connectivity index is 2.18. The fourth-order valence-electron chi connectivity index (χ4n) is 1.76. The molecule has 0 radical (unpaired) electrons. The fraction of sp³-hybridized carbons (Fsp3) is 0.857. The van der Waals surface area contributed by atoms with Crippen LogP contribution >= 0.6 is 0 Å². The molecule has 1 aliphatic carbocycles. The molecule has 0 bridgehead atoms. The van der Waals surface area contributed by atoms with Gasteiger partial charge in [0, 0.05) is 25.4 Å². The smallest absolute Gasteiger partial charge is 0.223 e. The molecule has 1 fully saturated rings. The monoisotopic (exact) mass is 269 g/mol. The lowest BCUT2D eigenvalue weighted by Crippen LogP contribution is -2.55. The average Bonchev–Trinajstić information content (AvgIpc) is 3.18. The second-order valence-corrected chi connectivity index (χ2v) is 5.99. The Bertz CT molecular complexity index is 327. The minimum absolute atomic E-state index is 0.00215. The molecule has 2 amide bonds. The first-order valence-electron chi connectivity index (χ1n) is 7.18. The third kappa shape index (κ3) is 5.19. The topological polar surface area (TPSA) is 84.2 Å². The molecular formula is C14H27N3O2. The van der Waals surface area contributed by atoms with Gasteiger partial charge in [0.25, 0.3) is 0 Å². The zero-order chi connectivity index (χ0) is 14.5. The summed E-state index contributed by atoms with van der Waals surface area (Å²) < 4.78 is 0. The summed E-state index contributed by atoms with van der Waals surface area (Å²) in [6, 6.07) is 0. The Labute approximate surface area is 115 Å². The lowest BCUT2D eigenvalue weighted by Gasteiger charge is -2.33. The molecule has 1 saturated carbocycles. The van der Waals surface area contributed by atoms with Crippen molar-refractivity contribution in [2.24, 2.45) is 17.6 Å². The van der Waals surface area contributed by atoms with E-state index in [0.29, 0.717) is 25.9 Å². The maximum atomic E-state index is 11.8. The first-order chi connectivity index (χ1) is 8.89. The van der Waals surface area contributed by atoms with Gasteiger partial charge in [0.2, 0.25) is 11.8 Å². The molecule has 0 aromatic rings. The highest BCUT2D eigenvalue weighted by Gasteiger charge is 2.29. The predicted octanol–water partition coefficient (Wildman–Crippen LogP) is 0.782. The van der Waals surface area contributed by atoms with Crippen LogP contribution in [0.15, 0.2) is 0 Å². The van der Waals surface area contributed by atoms with Crippen molar-refractivity contribution in [3.05, 3.63) is 0 Å². The average molecular weight is 269 g/mol. The van der Waals surface area contributed by atoms with Gasteiger partial charge in [-0.25, -0.2) is 0 Å². The normalized spacial score (nSPS) is 17.9. The molecule has 110 valence electrons. The molecule has 1 aliphatic rings. The molecule has 0 aromatic heterocycles. The molecule has 19 heavy (non-hydrogen) atoms. The van der Waals surface area contributed by atoms with Gasteiger partial charge in [-0.15, -0.1) is 0 Å². The number of carbonyl (C=O) groups excluding carboxylic acids is 2. The van der Waals surface area contributed by atoms with Crippen LogP contribution in [0.3, 0.4) is 0 Å². The van der Waals surface area contributed by atoms with Crippen molar-refractivity contribution in [3.63, 3.8) is 0 Å². The Morgan fingerprint density at radius 1 is 1.37 bits per heavy atom. The minimum Gasteiger partial charge on any atom is -0.356 e. The van der Waals surface area contributed by atoms with Gasteiger partial charge in [0.15, 0.2) is 0 Å². The highest BCUT2D eigenvalue weighted by atomic mass is 16.2. The highest BCUT2D eigenvalue weighted by molar-refractivity contribution is 5.81. The second kappa shape index (κ2) is 6.89. The molecular weight excluding hydrogens is 242 g/mol. The van der Waals surface area contributed by atoms with Gasteiger partial charge in [-0.05, 0) is 32.1 Å². The van der Waals surface area contributed by atoms with Crippen LogP contribution in [-0.2, 0) is 9.59 Å². The zero-order valence-electron chi connectivity index (χ0n) is 12.3. The van der Waals surface area contributed by atoms with Crippen LogP contribution in [-0.4, -0.2) is 30.4 Å². The van der Waals surface area contributed by atoms with Crippen LogP contribution in [0.4, 0.5) is 0 Å². The summed E-state index contributed by atoms with van der Waals surface area (Å²) in [5, 5.41) is 5.85. The number of carbonyl (C=O) groups is 2. The van der Waals surface area contributed by atoms with Gasteiger partial charge < -0.3 is 16.4 Å². The Kier molecular flexibility index (Phi) is 5.79. The number of nitrogens with two attached hydrogens (primary N) is 1. The van der Waals surface area contributed by atoms with Crippen molar-refractivity contribution in [2.75, 3.05) is 13.1 Å². The van der Waals surface area contributed by atoms with Crippen molar-refractivity contribution in [3.8, 4) is 0 Å². The van der Waals surface area contributed by atoms with E-state index in [0.717, 1.165) is 12.8 Å². The zero-order valence-corrected chi connectivity index (χ0v) is 12.3. The largest absolute Gasteiger partial charge is 0.356 e. The first kappa shape index (κ1) is 16.0. The SMILES string of the molecule is CC(C)C(C)(CN)NC(=O)CCCNC(=O)C1CC1. The van der Waals surface area contributed by atoms with Crippen LogP contribution in [0, 0.1) is 11.8 Å². The van der Waals surface area contributed by atoms with E-state index >= 15 is 0 Å². The summed E-state index contributed by atoms with van der Waals surface area (Å²) in [7, 11) is 0. The van der Waals surface area contributed by atoms with Gasteiger partial charge in [0.05, 0.1) is 5.54 Å². The van der Waals surface area contributed by atoms with E-state index in [9.17, 15) is 9.59 Å². The van der Waals surface area contributed by atoms with Gasteiger partial charge >= 0.3 is 0 Å². The number of hydrogen-bond donors (Lipinski definition) is 3. The lowest BCUT2D eigenvalue weighted by molar-refractivity contribution is -0.124. The van der Waals surface area contributed by atoms with Crippen LogP contribution in [0.5, 0.6) is 0 Å². The summed E-state index contributed by atoms with van der Waals surface area (Å²) >= 11 is 0. The Morgan fingerprint density at radius 2 is 2.00 bits per heavy atom. The quantitative estimate of drug-likeness (QED) is 0.569. The summed E-state index contributed by atoms with van der Waals surface area (Å²) in [5.41, 5.74) is 5.37. The van der Waals surface area contributed by atoms with Crippen molar-refractivity contribution < 1.29 is 9.59 Å². The van der Waals surface area contributed by atoms with Crippen LogP contribution in [0.1, 0.15) is 46.5 Å². The molecule has 1 atom stereocenters. The van der Waals surface area contributed by atoms with E-state index in [1.54, 1.807) is 0 Å². The minimum atomic E-state index is -0.353. The Hall–Kier alpha value is -1.10. The molecule has 1 unspecified atom stereocenters. The fourth-order valence-corrected chi connectivity index (χ4v) is 1.76. The summed E-state index contributed by atoms with van der Waals surface area (Å²) in [6.45, 7) is 7.05. The summed E-state index contributed by atoms with van der Waals surface area (Å²) in [5.74, 6) is 0.656. The number of hydrogen-bond acceptors (Lipinski definition) is 3. The molecule has 4 N–H and O–H groups in total. The Morgan fingerprint density at radius 3 is 2.47 bits per heavy atom. The van der Waals surface area contributed by atoms with Crippen LogP contribution < -0.4 is 16.4 Å². The van der Waals surface area contributed by atoms with E-state index in [4.69, 9.17) is 5.73 Å². The van der Waals surface area contributed by atoms with Gasteiger partial charge in [-0.1, -0.05) is 13.8 Å². The lowest BCUT2D eigenvalue weighted by atomic mass is 9.88. The van der Waals surface area contributed by atoms with Gasteiger partial charge in [0.1, 0.15) is 0 Å². The van der Waals surface area contributed by atoms with E-state index in [1.807, 2.05) is 20.8 Å². The second-order valence-electron chi connectivity index (χ2n) is 5.99. The first-order valence-corrected chi connectivity index (χ1v) is 7.18. The maximum Gasteiger partial charge on any atom is 0.223 e. The number of amides is 2. The van der Waals surface area contributed by atoms with Crippen LogP contribution in [0.25, 0.3) is 0 Å². The van der Waals surface area contributed by atoms with Crippen molar-refractivity contribution in [2.45, 2.75) is 52.0 Å². The molecule has 0 spiro atoms. The third-order valence-electron chi connectivity index (χ3n) is 3.95. The van der Waals surface area contributed by atoms with Crippen LogP contribution in [0.2, 0.25) is 0 Å². The standard InChI is InChI=1S/C14H27N3O2/c1-10(2)14(3,9-15)17-12(18)5-4-8-16-13(19)11-6-7-11/h10-11H,4-9,15H2,1-3H3,(H,16,19)(H,17,18). The van der Waals surface area contributed by atoms with Gasteiger partial charge in [-0.3, -0.25) is 9.59 Å². The van der Waals surface area contributed by atoms with E-state index in [2.05, 4.69) is 10.6 Å².